The first-order chi connectivity index (χ1) is 6.59. The molecular formula is C8H4BrClF2N2. The Morgan fingerprint density at radius 2 is 2.14 bits per heavy atom. The van der Waals surface area contributed by atoms with Gasteiger partial charge in [-0.25, -0.2) is 8.78 Å². The Morgan fingerprint density at radius 1 is 1.43 bits per heavy atom. The Kier molecular flexibility index (Phi) is 2.45. The molecular weight excluding hydrogens is 277 g/mol. The molecule has 2 nitrogen and oxygen atoms in total. The Labute approximate surface area is 91.4 Å². The second-order valence-electron chi connectivity index (χ2n) is 2.72. The van der Waals surface area contributed by atoms with Gasteiger partial charge in [-0.3, -0.25) is 5.10 Å². The summed E-state index contributed by atoms with van der Waals surface area (Å²) in [6.45, 7) is 0. The number of alkyl halides is 2. The van der Waals surface area contributed by atoms with Crippen molar-refractivity contribution < 1.29 is 8.78 Å². The maximum Gasteiger partial charge on any atom is 0.280 e. The SMILES string of the molecule is FC(F)c1[nH]nc2cc(Br)c(Cl)cc12. The number of nitrogens with one attached hydrogen (secondary N) is 1. The smallest absolute Gasteiger partial charge is 0.276 e. The lowest BCUT2D eigenvalue weighted by Gasteiger charge is -1.97. The Bertz CT molecular complexity index is 483. The highest BCUT2D eigenvalue weighted by molar-refractivity contribution is 9.10. The maximum absolute atomic E-state index is 12.4. The van der Waals surface area contributed by atoms with Gasteiger partial charge in [0.15, 0.2) is 0 Å². The van der Waals surface area contributed by atoms with Gasteiger partial charge in [0.1, 0.15) is 5.69 Å². The molecule has 0 unspecified atom stereocenters. The summed E-state index contributed by atoms with van der Waals surface area (Å²) in [5.74, 6) is 0. The van der Waals surface area contributed by atoms with Crippen molar-refractivity contribution in [3.05, 3.63) is 27.3 Å². The molecule has 2 rings (SSSR count). The van der Waals surface area contributed by atoms with E-state index >= 15 is 0 Å². The van der Waals surface area contributed by atoms with Crippen LogP contribution in [0, 0.1) is 0 Å². The van der Waals surface area contributed by atoms with E-state index in [9.17, 15) is 8.78 Å². The van der Waals surface area contributed by atoms with Gasteiger partial charge < -0.3 is 0 Å². The lowest BCUT2D eigenvalue weighted by molar-refractivity contribution is 0.147. The lowest BCUT2D eigenvalue weighted by atomic mass is 10.2. The molecule has 74 valence electrons. The van der Waals surface area contributed by atoms with Gasteiger partial charge in [-0.05, 0) is 28.1 Å². The molecule has 0 amide bonds. The first kappa shape index (κ1) is 9.86. The van der Waals surface area contributed by atoms with Crippen LogP contribution in [0.15, 0.2) is 16.6 Å². The van der Waals surface area contributed by atoms with Crippen LogP contribution in [-0.2, 0) is 0 Å². The lowest BCUT2D eigenvalue weighted by Crippen LogP contribution is -1.84. The third kappa shape index (κ3) is 1.50. The van der Waals surface area contributed by atoms with Crippen LogP contribution in [0.2, 0.25) is 5.02 Å². The molecule has 1 aromatic heterocycles. The first-order valence-corrected chi connectivity index (χ1v) is 4.88. The van der Waals surface area contributed by atoms with E-state index in [0.29, 0.717) is 20.4 Å². The van der Waals surface area contributed by atoms with Crippen LogP contribution in [-0.4, -0.2) is 10.2 Å². The van der Waals surface area contributed by atoms with E-state index in [2.05, 4.69) is 26.1 Å². The zero-order chi connectivity index (χ0) is 10.3. The molecule has 0 spiro atoms. The summed E-state index contributed by atoms with van der Waals surface area (Å²) in [5.41, 5.74) is 0.269. The number of fused-ring (bicyclic) bond motifs is 1. The van der Waals surface area contributed by atoms with E-state index in [-0.39, 0.29) is 5.69 Å². The molecule has 0 radical (unpaired) electrons. The van der Waals surface area contributed by atoms with Crippen molar-refractivity contribution in [1.82, 2.24) is 10.2 Å². The molecule has 0 fully saturated rings. The van der Waals surface area contributed by atoms with Gasteiger partial charge >= 0.3 is 0 Å². The minimum atomic E-state index is -2.57. The molecule has 1 heterocycles. The van der Waals surface area contributed by atoms with Crippen molar-refractivity contribution in [2.24, 2.45) is 0 Å². The topological polar surface area (TPSA) is 28.7 Å². The number of rotatable bonds is 1. The first-order valence-electron chi connectivity index (χ1n) is 3.70. The van der Waals surface area contributed by atoms with E-state index in [1.54, 1.807) is 6.07 Å². The predicted molar refractivity (Wildman–Crippen MR) is 53.8 cm³/mol. The highest BCUT2D eigenvalue weighted by Gasteiger charge is 2.15. The quantitative estimate of drug-likeness (QED) is 0.843. The minimum absolute atomic E-state index is 0.200. The number of hydrogen-bond donors (Lipinski definition) is 1. The van der Waals surface area contributed by atoms with Gasteiger partial charge in [0.2, 0.25) is 0 Å². The molecule has 0 bridgehead atoms. The molecule has 14 heavy (non-hydrogen) atoms. The number of aromatic nitrogens is 2. The summed E-state index contributed by atoms with van der Waals surface area (Å²) in [6.07, 6.45) is -2.57. The number of hydrogen-bond acceptors (Lipinski definition) is 1. The fourth-order valence-corrected chi connectivity index (χ4v) is 1.69. The summed E-state index contributed by atoms with van der Waals surface area (Å²) in [5, 5.41) is 6.78. The second-order valence-corrected chi connectivity index (χ2v) is 3.98. The minimum Gasteiger partial charge on any atom is -0.276 e. The molecule has 2 aromatic rings. The van der Waals surface area contributed by atoms with E-state index < -0.39 is 6.43 Å². The van der Waals surface area contributed by atoms with Gasteiger partial charge in [-0.2, -0.15) is 5.10 Å². The van der Waals surface area contributed by atoms with Crippen molar-refractivity contribution in [3.8, 4) is 0 Å². The fourth-order valence-electron chi connectivity index (χ4n) is 1.19. The van der Waals surface area contributed by atoms with Crippen molar-refractivity contribution in [2.45, 2.75) is 6.43 Å². The summed E-state index contributed by atoms with van der Waals surface area (Å²) in [6, 6.07) is 3.06. The zero-order valence-electron chi connectivity index (χ0n) is 6.69. The monoisotopic (exact) mass is 280 g/mol. The molecule has 0 aliphatic carbocycles. The van der Waals surface area contributed by atoms with Gasteiger partial charge in [0, 0.05) is 9.86 Å². The Balaban J connectivity index is 2.74. The normalized spacial score (nSPS) is 11.5. The summed E-state index contributed by atoms with van der Waals surface area (Å²) < 4.78 is 25.5. The third-order valence-electron chi connectivity index (χ3n) is 1.84. The third-order valence-corrected chi connectivity index (χ3v) is 3.04. The van der Waals surface area contributed by atoms with E-state index in [4.69, 9.17) is 11.6 Å². The summed E-state index contributed by atoms with van der Waals surface area (Å²) in [4.78, 5) is 0. The van der Waals surface area contributed by atoms with Crippen LogP contribution in [0.3, 0.4) is 0 Å². The van der Waals surface area contributed by atoms with Crippen molar-refractivity contribution in [3.63, 3.8) is 0 Å². The second kappa shape index (κ2) is 3.47. The molecule has 1 aromatic carbocycles. The van der Waals surface area contributed by atoms with Crippen LogP contribution in [0.4, 0.5) is 8.78 Å². The van der Waals surface area contributed by atoms with Crippen LogP contribution >= 0.6 is 27.5 Å². The number of halogens is 4. The zero-order valence-corrected chi connectivity index (χ0v) is 9.03. The molecule has 0 aliphatic heterocycles. The van der Waals surface area contributed by atoms with Crippen molar-refractivity contribution in [1.29, 1.82) is 0 Å². The van der Waals surface area contributed by atoms with Gasteiger partial charge in [-0.1, -0.05) is 11.6 Å². The molecule has 6 heteroatoms. The standard InChI is InChI=1S/C8H4BrClF2N2/c9-4-2-6-3(1-5(4)10)7(8(11)12)14-13-6/h1-2,8H,(H,13,14). The number of aromatic amines is 1. The van der Waals surface area contributed by atoms with Gasteiger partial charge in [-0.15, -0.1) is 0 Å². The summed E-state index contributed by atoms with van der Waals surface area (Å²) >= 11 is 8.98. The van der Waals surface area contributed by atoms with Gasteiger partial charge in [0.05, 0.1) is 10.5 Å². The van der Waals surface area contributed by atoms with Crippen LogP contribution in [0.25, 0.3) is 10.9 Å². The molecule has 0 saturated heterocycles. The largest absolute Gasteiger partial charge is 0.280 e. The van der Waals surface area contributed by atoms with E-state index in [0.717, 1.165) is 0 Å². The van der Waals surface area contributed by atoms with Crippen molar-refractivity contribution in [2.75, 3.05) is 0 Å². The highest BCUT2D eigenvalue weighted by atomic mass is 79.9. The van der Waals surface area contributed by atoms with Crippen LogP contribution in [0.1, 0.15) is 12.1 Å². The molecule has 0 saturated carbocycles. The Hall–Kier alpha value is -0.680. The summed E-state index contributed by atoms with van der Waals surface area (Å²) in [7, 11) is 0. The average molecular weight is 281 g/mol. The maximum atomic E-state index is 12.4. The molecule has 0 aliphatic rings. The fraction of sp³-hybridized carbons (Fsp3) is 0.125. The number of nitrogens with zero attached hydrogens (tertiary/aromatic N) is 1. The van der Waals surface area contributed by atoms with Crippen LogP contribution in [0.5, 0.6) is 0 Å². The van der Waals surface area contributed by atoms with E-state index in [1.807, 2.05) is 0 Å². The highest BCUT2D eigenvalue weighted by Crippen LogP contribution is 2.31. The molecule has 0 atom stereocenters. The molecule has 1 N–H and O–H groups in total. The predicted octanol–water partition coefficient (Wildman–Crippen LogP) is 3.92. The van der Waals surface area contributed by atoms with Crippen molar-refractivity contribution >= 4 is 38.4 Å². The van der Waals surface area contributed by atoms with Gasteiger partial charge in [0.25, 0.3) is 6.43 Å². The van der Waals surface area contributed by atoms with Crippen LogP contribution < -0.4 is 0 Å². The number of benzene rings is 1. The average Bonchev–Trinajstić information content (AvgIpc) is 2.48. The Morgan fingerprint density at radius 3 is 2.79 bits per heavy atom. The number of H-pyrrole nitrogens is 1. The van der Waals surface area contributed by atoms with E-state index in [1.165, 1.54) is 6.07 Å².